The molecule has 1 aliphatic heterocycles. The van der Waals surface area contributed by atoms with Crippen LogP contribution in [0, 0.1) is 0 Å². The number of piperidine rings is 1. The number of benzene rings is 1. The molecular formula is C20H27F3N6O. The molecule has 10 heteroatoms. The Labute approximate surface area is 173 Å². The van der Waals surface area contributed by atoms with Gasteiger partial charge in [-0.05, 0) is 30.5 Å². The van der Waals surface area contributed by atoms with Gasteiger partial charge in [0.25, 0.3) is 0 Å². The predicted octanol–water partition coefficient (Wildman–Crippen LogP) is 2.46. The van der Waals surface area contributed by atoms with E-state index in [1.807, 2.05) is 16.4 Å². The van der Waals surface area contributed by atoms with E-state index in [9.17, 15) is 18.3 Å². The fourth-order valence-electron chi connectivity index (χ4n) is 3.39. The number of guanidine groups is 1. The van der Waals surface area contributed by atoms with E-state index in [2.05, 4.69) is 20.5 Å². The Morgan fingerprint density at radius 1 is 1.30 bits per heavy atom. The molecule has 7 nitrogen and oxygen atoms in total. The highest BCUT2D eigenvalue weighted by Crippen LogP contribution is 2.29. The predicted molar refractivity (Wildman–Crippen MR) is 107 cm³/mol. The molecular weight excluding hydrogens is 397 g/mol. The number of halogens is 3. The molecule has 2 heterocycles. The van der Waals surface area contributed by atoms with Gasteiger partial charge in [0.1, 0.15) is 12.2 Å². The van der Waals surface area contributed by atoms with E-state index < -0.39 is 11.7 Å². The smallest absolute Gasteiger partial charge is 0.393 e. The number of aryl methyl sites for hydroxylation is 1. The van der Waals surface area contributed by atoms with Crippen LogP contribution in [0.4, 0.5) is 13.2 Å². The van der Waals surface area contributed by atoms with Crippen molar-refractivity contribution in [1.29, 1.82) is 0 Å². The van der Waals surface area contributed by atoms with Crippen LogP contribution < -0.4 is 5.32 Å². The van der Waals surface area contributed by atoms with Gasteiger partial charge in [-0.2, -0.15) is 13.2 Å². The Morgan fingerprint density at radius 2 is 2.07 bits per heavy atom. The van der Waals surface area contributed by atoms with Crippen LogP contribution in [0.3, 0.4) is 0 Å². The van der Waals surface area contributed by atoms with Crippen molar-refractivity contribution in [3.8, 4) is 0 Å². The summed E-state index contributed by atoms with van der Waals surface area (Å²) in [6.07, 6.45) is -0.974. The second-order valence-corrected chi connectivity index (χ2v) is 7.28. The molecule has 0 bridgehead atoms. The van der Waals surface area contributed by atoms with E-state index in [0.29, 0.717) is 50.5 Å². The molecule has 0 unspecified atom stereocenters. The molecule has 1 aliphatic rings. The Morgan fingerprint density at radius 3 is 2.77 bits per heavy atom. The Balaban J connectivity index is 1.69. The van der Waals surface area contributed by atoms with E-state index in [4.69, 9.17) is 0 Å². The van der Waals surface area contributed by atoms with Gasteiger partial charge >= 0.3 is 6.18 Å². The van der Waals surface area contributed by atoms with Crippen LogP contribution in [0.25, 0.3) is 0 Å². The first kappa shape index (κ1) is 22.1. The molecule has 1 saturated heterocycles. The van der Waals surface area contributed by atoms with E-state index >= 15 is 0 Å². The first-order valence-electron chi connectivity index (χ1n) is 10.1. The molecule has 2 N–H and O–H groups in total. The summed E-state index contributed by atoms with van der Waals surface area (Å²) >= 11 is 0. The lowest BCUT2D eigenvalue weighted by molar-refractivity contribution is -0.137. The third-order valence-corrected chi connectivity index (χ3v) is 5.08. The zero-order valence-electron chi connectivity index (χ0n) is 16.9. The van der Waals surface area contributed by atoms with Crippen LogP contribution in [-0.4, -0.2) is 56.5 Å². The molecule has 0 atom stereocenters. The van der Waals surface area contributed by atoms with E-state index in [0.717, 1.165) is 24.4 Å². The fraction of sp³-hybridized carbons (Fsp3) is 0.550. The topological polar surface area (TPSA) is 78.6 Å². The van der Waals surface area contributed by atoms with Crippen LogP contribution in [0.5, 0.6) is 0 Å². The standard InChI is InChI=1S/C20H27F3N6O/c1-2-18-27-26-14-29(18)11-8-24-19(28-9-6-17(30)7-10-28)25-13-15-4-3-5-16(12-15)20(21,22)23/h3-5,12,14,17,30H,2,6-11,13H2,1H3,(H,24,25). The summed E-state index contributed by atoms with van der Waals surface area (Å²) in [5, 5.41) is 21.1. The number of nitrogens with one attached hydrogen (secondary N) is 1. The van der Waals surface area contributed by atoms with Crippen LogP contribution in [0.1, 0.15) is 36.7 Å². The second kappa shape index (κ2) is 9.92. The Bertz CT molecular complexity index is 843. The van der Waals surface area contributed by atoms with Crippen molar-refractivity contribution in [2.24, 2.45) is 4.99 Å². The molecule has 0 spiro atoms. The van der Waals surface area contributed by atoms with Crippen molar-refractivity contribution in [3.05, 3.63) is 47.5 Å². The van der Waals surface area contributed by atoms with Crippen molar-refractivity contribution in [2.45, 2.75) is 51.6 Å². The number of alkyl halides is 3. The molecule has 30 heavy (non-hydrogen) atoms. The van der Waals surface area contributed by atoms with Crippen LogP contribution in [0.15, 0.2) is 35.6 Å². The second-order valence-electron chi connectivity index (χ2n) is 7.28. The summed E-state index contributed by atoms with van der Waals surface area (Å²) in [7, 11) is 0. The minimum absolute atomic E-state index is 0.137. The van der Waals surface area contributed by atoms with Crippen molar-refractivity contribution >= 4 is 5.96 Å². The highest BCUT2D eigenvalue weighted by atomic mass is 19.4. The normalized spacial score (nSPS) is 16.2. The van der Waals surface area contributed by atoms with Gasteiger partial charge in [0, 0.05) is 32.6 Å². The summed E-state index contributed by atoms with van der Waals surface area (Å²) in [6, 6.07) is 5.23. The third kappa shape index (κ3) is 5.94. The SMILES string of the molecule is CCc1nncn1CCNC(=NCc1cccc(C(F)(F)F)c1)N1CCC(O)CC1. The fourth-order valence-corrected chi connectivity index (χ4v) is 3.39. The molecule has 1 aromatic carbocycles. The van der Waals surface area contributed by atoms with Crippen molar-refractivity contribution in [2.75, 3.05) is 19.6 Å². The number of hydrogen-bond donors (Lipinski definition) is 2. The maximum Gasteiger partial charge on any atom is 0.416 e. The Kier molecular flexibility index (Phi) is 7.30. The van der Waals surface area contributed by atoms with Crippen molar-refractivity contribution < 1.29 is 18.3 Å². The first-order valence-corrected chi connectivity index (χ1v) is 10.1. The summed E-state index contributed by atoms with van der Waals surface area (Å²) in [5.41, 5.74) is -0.182. The third-order valence-electron chi connectivity index (χ3n) is 5.08. The average Bonchev–Trinajstić information content (AvgIpc) is 3.18. The first-order chi connectivity index (χ1) is 14.4. The lowest BCUT2D eigenvalue weighted by Crippen LogP contribution is -2.47. The van der Waals surface area contributed by atoms with Gasteiger partial charge in [-0.3, -0.25) is 0 Å². The molecule has 1 fully saturated rings. The maximum atomic E-state index is 13.0. The van der Waals surface area contributed by atoms with E-state index in [1.54, 1.807) is 12.4 Å². The summed E-state index contributed by atoms with van der Waals surface area (Å²) < 4.78 is 40.8. The van der Waals surface area contributed by atoms with Gasteiger partial charge in [0.15, 0.2) is 5.96 Å². The molecule has 1 aromatic heterocycles. The molecule has 0 amide bonds. The van der Waals surface area contributed by atoms with Gasteiger partial charge in [-0.1, -0.05) is 19.1 Å². The summed E-state index contributed by atoms with van der Waals surface area (Å²) in [5.74, 6) is 1.52. The summed E-state index contributed by atoms with van der Waals surface area (Å²) in [4.78, 5) is 6.60. The van der Waals surface area contributed by atoms with Crippen LogP contribution in [0.2, 0.25) is 0 Å². The highest BCUT2D eigenvalue weighted by Gasteiger charge is 2.30. The number of hydrogen-bond acceptors (Lipinski definition) is 4. The van der Waals surface area contributed by atoms with Gasteiger partial charge in [-0.25, -0.2) is 4.99 Å². The largest absolute Gasteiger partial charge is 0.416 e. The maximum absolute atomic E-state index is 13.0. The Hall–Kier alpha value is -2.62. The molecule has 2 aromatic rings. The average molecular weight is 424 g/mol. The number of aliphatic hydroxyl groups excluding tert-OH is 1. The number of nitrogens with zero attached hydrogens (tertiary/aromatic N) is 5. The molecule has 0 aliphatic carbocycles. The zero-order valence-corrected chi connectivity index (χ0v) is 16.9. The molecule has 164 valence electrons. The van der Waals surface area contributed by atoms with E-state index in [-0.39, 0.29) is 12.6 Å². The number of aliphatic imine (C=N–C) groups is 1. The van der Waals surface area contributed by atoms with E-state index in [1.165, 1.54) is 6.07 Å². The minimum Gasteiger partial charge on any atom is -0.393 e. The summed E-state index contributed by atoms with van der Waals surface area (Å²) in [6.45, 7) is 4.65. The monoisotopic (exact) mass is 424 g/mol. The lowest BCUT2D eigenvalue weighted by Gasteiger charge is -2.32. The van der Waals surface area contributed by atoms with Crippen molar-refractivity contribution in [3.63, 3.8) is 0 Å². The quantitative estimate of drug-likeness (QED) is 0.550. The van der Waals surface area contributed by atoms with Gasteiger partial charge < -0.3 is 19.9 Å². The van der Waals surface area contributed by atoms with Gasteiger partial charge in [-0.15, -0.1) is 10.2 Å². The van der Waals surface area contributed by atoms with Crippen molar-refractivity contribution in [1.82, 2.24) is 25.0 Å². The lowest BCUT2D eigenvalue weighted by atomic mass is 10.1. The number of likely N-dealkylation sites (tertiary alicyclic amines) is 1. The van der Waals surface area contributed by atoms with Crippen LogP contribution >= 0.6 is 0 Å². The highest BCUT2D eigenvalue weighted by molar-refractivity contribution is 5.80. The molecule has 0 radical (unpaired) electrons. The zero-order chi connectivity index (χ0) is 21.6. The molecule has 3 rings (SSSR count). The number of aliphatic hydroxyl groups is 1. The van der Waals surface area contributed by atoms with Gasteiger partial charge in [0.2, 0.25) is 0 Å². The minimum atomic E-state index is -4.38. The van der Waals surface area contributed by atoms with Gasteiger partial charge in [0.05, 0.1) is 18.2 Å². The number of rotatable bonds is 6. The molecule has 0 saturated carbocycles. The number of aromatic nitrogens is 3. The van der Waals surface area contributed by atoms with Crippen LogP contribution in [-0.2, 0) is 25.7 Å².